The van der Waals surface area contributed by atoms with Crippen LogP contribution < -0.4 is 4.74 Å². The van der Waals surface area contributed by atoms with E-state index in [0.29, 0.717) is 17.7 Å². The number of aliphatic carboxylic acids is 1. The first-order valence-corrected chi connectivity index (χ1v) is 11.0. The molecule has 1 N–H and O–H groups in total. The zero-order valence-electron chi connectivity index (χ0n) is 17.3. The maximum absolute atomic E-state index is 13.8. The van der Waals surface area contributed by atoms with Crippen LogP contribution in [-0.2, 0) is 19.6 Å². The molecule has 0 saturated carbocycles. The van der Waals surface area contributed by atoms with Gasteiger partial charge in [-0.3, -0.25) is 0 Å². The Kier molecular flexibility index (Phi) is 6.47. The number of rotatable bonds is 7. The Labute approximate surface area is 180 Å². The third kappa shape index (κ3) is 4.06. The van der Waals surface area contributed by atoms with Gasteiger partial charge in [0.25, 0.3) is 0 Å². The number of nitrogens with zero attached hydrogens (tertiary/aromatic N) is 1. The summed E-state index contributed by atoms with van der Waals surface area (Å²) in [6.45, 7) is 1.77. The standard InChI is InChI=1S/C22H23NO7S/c1-4-15-13-18(21(24)25)20(14-9-11-16(29-2)12-10-14)23(15)31(27,28)19-8-6-5-7-17(19)22(26)30-3/h5-13,15,20H,4H2,1-3H3,(H,24,25)/t15-,20+/m0/s1. The van der Waals surface area contributed by atoms with Crippen molar-refractivity contribution in [2.75, 3.05) is 14.2 Å². The third-order valence-electron chi connectivity index (χ3n) is 5.19. The zero-order valence-corrected chi connectivity index (χ0v) is 18.1. The number of methoxy groups -OCH3 is 2. The van der Waals surface area contributed by atoms with Gasteiger partial charge in [0.15, 0.2) is 0 Å². The Morgan fingerprint density at radius 2 is 1.71 bits per heavy atom. The minimum atomic E-state index is -4.28. The smallest absolute Gasteiger partial charge is 0.339 e. The fourth-order valence-corrected chi connectivity index (χ4v) is 5.69. The maximum Gasteiger partial charge on any atom is 0.339 e. The van der Waals surface area contributed by atoms with Crippen molar-refractivity contribution in [3.63, 3.8) is 0 Å². The lowest BCUT2D eigenvalue weighted by molar-refractivity contribution is -0.133. The molecule has 0 aliphatic carbocycles. The molecule has 31 heavy (non-hydrogen) atoms. The number of esters is 1. The number of hydrogen-bond acceptors (Lipinski definition) is 6. The minimum Gasteiger partial charge on any atom is -0.497 e. The van der Waals surface area contributed by atoms with Gasteiger partial charge in [-0.25, -0.2) is 18.0 Å². The molecule has 2 atom stereocenters. The van der Waals surface area contributed by atoms with E-state index in [-0.39, 0.29) is 16.0 Å². The van der Waals surface area contributed by atoms with Gasteiger partial charge in [-0.1, -0.05) is 37.3 Å². The van der Waals surface area contributed by atoms with Crippen LogP contribution in [0.5, 0.6) is 5.75 Å². The SMILES string of the molecule is CC[C@H]1C=C(C(=O)O)[C@@H](c2ccc(OC)cc2)N1S(=O)(=O)c1ccccc1C(=O)OC. The van der Waals surface area contributed by atoms with Crippen LogP contribution in [0.25, 0.3) is 0 Å². The molecular formula is C22H23NO7S. The molecule has 1 aliphatic rings. The number of hydrogen-bond donors (Lipinski definition) is 1. The molecule has 0 amide bonds. The predicted octanol–water partition coefficient (Wildman–Crippen LogP) is 3.02. The van der Waals surface area contributed by atoms with Gasteiger partial charge in [-0.05, 0) is 36.2 Å². The number of carbonyl (C=O) groups is 2. The number of carbonyl (C=O) groups excluding carboxylic acids is 1. The molecule has 1 aliphatic heterocycles. The summed E-state index contributed by atoms with van der Waals surface area (Å²) in [7, 11) is -1.61. The Bertz CT molecular complexity index is 1120. The van der Waals surface area contributed by atoms with Crippen LogP contribution in [0.1, 0.15) is 35.3 Å². The van der Waals surface area contributed by atoms with Crippen LogP contribution in [0.2, 0.25) is 0 Å². The monoisotopic (exact) mass is 445 g/mol. The quantitative estimate of drug-likeness (QED) is 0.652. The van der Waals surface area contributed by atoms with Gasteiger partial charge in [0.2, 0.25) is 10.0 Å². The average molecular weight is 445 g/mol. The summed E-state index contributed by atoms with van der Waals surface area (Å²) in [4.78, 5) is 24.0. The summed E-state index contributed by atoms with van der Waals surface area (Å²) in [5.74, 6) is -1.45. The molecule has 1 heterocycles. The minimum absolute atomic E-state index is 0.0452. The molecule has 0 unspecified atom stereocenters. The molecule has 8 nitrogen and oxygen atoms in total. The lowest BCUT2D eigenvalue weighted by atomic mass is 10.0. The first-order chi connectivity index (χ1) is 14.8. The van der Waals surface area contributed by atoms with Crippen molar-refractivity contribution in [1.29, 1.82) is 0 Å². The molecule has 0 aromatic heterocycles. The van der Waals surface area contributed by atoms with E-state index in [1.54, 1.807) is 31.2 Å². The van der Waals surface area contributed by atoms with Crippen molar-refractivity contribution in [3.8, 4) is 5.75 Å². The molecule has 3 rings (SSSR count). The zero-order chi connectivity index (χ0) is 22.8. The van der Waals surface area contributed by atoms with E-state index >= 15 is 0 Å². The van der Waals surface area contributed by atoms with Crippen molar-refractivity contribution < 1.29 is 32.6 Å². The number of ether oxygens (including phenoxy) is 2. The van der Waals surface area contributed by atoms with E-state index in [1.165, 1.54) is 44.6 Å². The summed E-state index contributed by atoms with van der Waals surface area (Å²) in [5, 5.41) is 9.81. The Morgan fingerprint density at radius 3 is 2.26 bits per heavy atom. The largest absolute Gasteiger partial charge is 0.497 e. The molecule has 164 valence electrons. The second-order valence-corrected chi connectivity index (χ2v) is 8.71. The molecule has 2 aromatic rings. The van der Waals surface area contributed by atoms with E-state index in [1.807, 2.05) is 0 Å². The fourth-order valence-electron chi connectivity index (χ4n) is 3.70. The molecular weight excluding hydrogens is 422 g/mol. The number of sulfonamides is 1. The highest BCUT2D eigenvalue weighted by molar-refractivity contribution is 7.89. The molecule has 0 spiro atoms. The van der Waals surface area contributed by atoms with E-state index in [0.717, 1.165) is 4.31 Å². The van der Waals surface area contributed by atoms with E-state index in [2.05, 4.69) is 0 Å². The summed E-state index contributed by atoms with van der Waals surface area (Å²) in [5.41, 5.74) is 0.317. The van der Waals surface area contributed by atoms with Gasteiger partial charge in [0.1, 0.15) is 5.75 Å². The van der Waals surface area contributed by atoms with Crippen LogP contribution in [0.15, 0.2) is 65.1 Å². The molecule has 0 saturated heterocycles. The Balaban J connectivity index is 2.20. The molecule has 0 bridgehead atoms. The van der Waals surface area contributed by atoms with Crippen molar-refractivity contribution >= 4 is 22.0 Å². The second kappa shape index (κ2) is 8.91. The molecule has 0 fully saturated rings. The Morgan fingerprint density at radius 1 is 1.06 bits per heavy atom. The fraction of sp³-hybridized carbons (Fsp3) is 0.273. The van der Waals surface area contributed by atoms with Crippen molar-refractivity contribution in [1.82, 2.24) is 4.31 Å². The number of carboxylic acid groups (broad SMARTS) is 1. The summed E-state index contributed by atoms with van der Waals surface area (Å²) in [6.07, 6.45) is 1.80. The molecule has 0 radical (unpaired) electrons. The van der Waals surface area contributed by atoms with Crippen LogP contribution in [0, 0.1) is 0 Å². The lowest BCUT2D eigenvalue weighted by Crippen LogP contribution is -2.39. The van der Waals surface area contributed by atoms with Gasteiger partial charge in [0, 0.05) is 6.04 Å². The summed E-state index contributed by atoms with van der Waals surface area (Å²) in [6, 6.07) is 10.5. The van der Waals surface area contributed by atoms with Crippen LogP contribution in [0.3, 0.4) is 0 Å². The van der Waals surface area contributed by atoms with E-state index in [4.69, 9.17) is 9.47 Å². The van der Waals surface area contributed by atoms with Gasteiger partial charge < -0.3 is 14.6 Å². The van der Waals surface area contributed by atoms with E-state index in [9.17, 15) is 23.1 Å². The first kappa shape index (κ1) is 22.5. The second-order valence-electron chi connectivity index (χ2n) is 6.90. The van der Waals surface area contributed by atoms with Gasteiger partial charge in [0.05, 0.1) is 36.3 Å². The first-order valence-electron chi connectivity index (χ1n) is 9.56. The summed E-state index contributed by atoms with van der Waals surface area (Å²) >= 11 is 0. The number of benzene rings is 2. The van der Waals surface area contributed by atoms with Gasteiger partial charge in [-0.15, -0.1) is 0 Å². The van der Waals surface area contributed by atoms with Crippen LogP contribution in [0.4, 0.5) is 0 Å². The van der Waals surface area contributed by atoms with Gasteiger partial charge in [-0.2, -0.15) is 4.31 Å². The highest BCUT2D eigenvalue weighted by Gasteiger charge is 2.46. The molecule has 2 aromatic carbocycles. The number of carboxylic acids is 1. The molecule has 9 heteroatoms. The van der Waals surface area contributed by atoms with Crippen LogP contribution >= 0.6 is 0 Å². The lowest BCUT2D eigenvalue weighted by Gasteiger charge is -2.31. The highest BCUT2D eigenvalue weighted by Crippen LogP contribution is 2.42. The Hall–Kier alpha value is -3.17. The van der Waals surface area contributed by atoms with Crippen molar-refractivity contribution in [2.24, 2.45) is 0 Å². The van der Waals surface area contributed by atoms with E-state index < -0.39 is 34.0 Å². The van der Waals surface area contributed by atoms with Crippen molar-refractivity contribution in [2.45, 2.75) is 30.3 Å². The summed E-state index contributed by atoms with van der Waals surface area (Å²) < 4.78 is 38.6. The van der Waals surface area contributed by atoms with Crippen molar-refractivity contribution in [3.05, 3.63) is 71.3 Å². The van der Waals surface area contributed by atoms with Crippen LogP contribution in [-0.4, -0.2) is 50.0 Å². The van der Waals surface area contributed by atoms with Gasteiger partial charge >= 0.3 is 11.9 Å². The predicted molar refractivity (Wildman–Crippen MR) is 112 cm³/mol. The third-order valence-corrected chi connectivity index (χ3v) is 7.14. The highest BCUT2D eigenvalue weighted by atomic mass is 32.2. The maximum atomic E-state index is 13.8. The normalized spacial score (nSPS) is 19.0. The average Bonchev–Trinajstić information content (AvgIpc) is 3.19. The topological polar surface area (TPSA) is 110 Å².